The molecular weight excluding hydrogens is 488 g/mol. The summed E-state index contributed by atoms with van der Waals surface area (Å²) in [6, 6.07) is 6.19. The molecule has 0 radical (unpaired) electrons. The van der Waals surface area contributed by atoms with Gasteiger partial charge in [0.05, 0.1) is 29.0 Å². The Morgan fingerprint density at radius 3 is 2.68 bits per heavy atom. The van der Waals surface area contributed by atoms with Crippen molar-refractivity contribution in [2.24, 2.45) is 5.73 Å². The molecule has 0 spiro atoms. The van der Waals surface area contributed by atoms with Gasteiger partial charge in [0, 0.05) is 74.0 Å². The maximum absolute atomic E-state index is 11.9. The van der Waals surface area contributed by atoms with Crippen LogP contribution in [-0.2, 0) is 16.1 Å². The van der Waals surface area contributed by atoms with Gasteiger partial charge in [0.2, 0.25) is 5.91 Å². The number of H-pyrrole nitrogens is 1. The molecule has 1 amide bonds. The Morgan fingerprint density at radius 2 is 1.92 bits per heavy atom. The molecule has 2 fully saturated rings. The lowest BCUT2D eigenvalue weighted by molar-refractivity contribution is -0.129. The molecule has 37 heavy (non-hydrogen) atoms. The first kappa shape index (κ1) is 24.2. The van der Waals surface area contributed by atoms with Crippen molar-refractivity contribution < 1.29 is 9.53 Å². The van der Waals surface area contributed by atoms with E-state index in [0.717, 1.165) is 78.4 Å². The predicted octanol–water partition coefficient (Wildman–Crippen LogP) is 2.45. The van der Waals surface area contributed by atoms with E-state index in [2.05, 4.69) is 30.7 Å². The molecule has 194 valence electrons. The molecular formula is C26H32N8O2S. The number of amides is 1. The van der Waals surface area contributed by atoms with Crippen molar-refractivity contribution in [3.05, 3.63) is 35.5 Å². The molecule has 0 aliphatic carbocycles. The molecule has 11 heteroatoms. The van der Waals surface area contributed by atoms with Crippen LogP contribution in [0.1, 0.15) is 18.7 Å². The van der Waals surface area contributed by atoms with Gasteiger partial charge in [-0.3, -0.25) is 19.6 Å². The summed E-state index contributed by atoms with van der Waals surface area (Å²) in [5.41, 5.74) is 7.77. The number of nitrogens with zero attached hydrogens (tertiary/aromatic N) is 6. The molecule has 10 nitrogen and oxygen atoms in total. The molecule has 4 aromatic rings. The number of anilines is 1. The third kappa shape index (κ3) is 4.56. The zero-order valence-corrected chi connectivity index (χ0v) is 22.1. The Labute approximate surface area is 219 Å². The number of hydrogen-bond acceptors (Lipinski definition) is 9. The number of ether oxygens (including phenoxy) is 1. The van der Waals surface area contributed by atoms with Crippen LogP contribution in [-0.4, -0.2) is 93.7 Å². The topological polar surface area (TPSA) is 117 Å². The summed E-state index contributed by atoms with van der Waals surface area (Å²) in [6.07, 6.45) is 3.72. The zero-order chi connectivity index (χ0) is 25.6. The highest BCUT2D eigenvalue weighted by atomic mass is 32.1. The minimum absolute atomic E-state index is 0.278. The molecule has 0 atom stereocenters. The van der Waals surface area contributed by atoms with Crippen LogP contribution in [0.4, 0.5) is 5.82 Å². The predicted molar refractivity (Wildman–Crippen MR) is 146 cm³/mol. The number of fused-ring (bicyclic) bond motifs is 2. The SMILES string of the molecule is CC(C)(C(N)=O)N1CCN(Cc2cc3nc(-c4nccc5[nH]ccc45)nc(N4CCOCC4)c3s2)CC1. The molecule has 4 aromatic heterocycles. The normalized spacial score (nSPS) is 18.2. The van der Waals surface area contributed by atoms with Crippen LogP contribution in [0.15, 0.2) is 30.6 Å². The zero-order valence-electron chi connectivity index (χ0n) is 21.2. The number of aromatic nitrogens is 4. The van der Waals surface area contributed by atoms with E-state index in [1.165, 1.54) is 4.88 Å². The van der Waals surface area contributed by atoms with Gasteiger partial charge in [0.25, 0.3) is 0 Å². The van der Waals surface area contributed by atoms with E-state index in [9.17, 15) is 4.79 Å². The van der Waals surface area contributed by atoms with Gasteiger partial charge < -0.3 is 20.4 Å². The largest absolute Gasteiger partial charge is 0.378 e. The number of nitrogens with one attached hydrogen (secondary N) is 1. The standard InChI is InChI=1S/C26H32N8O2S/c1-26(2,25(27)35)34-9-7-32(8-10-34)16-17-15-20-22(37-17)24(33-11-13-36-14-12-33)31-23(30-20)21-18-3-5-28-19(18)4-6-29-21/h3-6,15,28H,7-14,16H2,1-2H3,(H2,27,35). The van der Waals surface area contributed by atoms with E-state index in [-0.39, 0.29) is 5.91 Å². The number of hydrogen-bond donors (Lipinski definition) is 2. The van der Waals surface area contributed by atoms with Gasteiger partial charge in [-0.2, -0.15) is 0 Å². The molecule has 2 saturated heterocycles. The molecule has 2 aliphatic heterocycles. The van der Waals surface area contributed by atoms with Crippen LogP contribution >= 0.6 is 11.3 Å². The first-order chi connectivity index (χ1) is 17.9. The van der Waals surface area contributed by atoms with Gasteiger partial charge in [-0.25, -0.2) is 9.97 Å². The Kier molecular flexibility index (Phi) is 6.31. The maximum atomic E-state index is 11.9. The van der Waals surface area contributed by atoms with E-state index < -0.39 is 5.54 Å². The highest BCUT2D eigenvalue weighted by molar-refractivity contribution is 7.19. The van der Waals surface area contributed by atoms with Crippen LogP contribution in [0.5, 0.6) is 0 Å². The number of aromatic amines is 1. The molecule has 0 unspecified atom stereocenters. The van der Waals surface area contributed by atoms with Gasteiger partial charge in [-0.1, -0.05) is 0 Å². The van der Waals surface area contributed by atoms with Crippen LogP contribution in [0.25, 0.3) is 32.6 Å². The lowest BCUT2D eigenvalue weighted by Gasteiger charge is -2.42. The van der Waals surface area contributed by atoms with E-state index >= 15 is 0 Å². The summed E-state index contributed by atoms with van der Waals surface area (Å²) in [5, 5.41) is 1.02. The molecule has 6 heterocycles. The molecule has 0 aromatic carbocycles. The van der Waals surface area contributed by atoms with Crippen LogP contribution in [0.2, 0.25) is 0 Å². The highest BCUT2D eigenvalue weighted by Crippen LogP contribution is 2.36. The van der Waals surface area contributed by atoms with Gasteiger partial charge >= 0.3 is 0 Å². The Bertz CT molecular complexity index is 1430. The summed E-state index contributed by atoms with van der Waals surface area (Å²) < 4.78 is 6.72. The van der Waals surface area contributed by atoms with Crippen LogP contribution in [0, 0.1) is 0 Å². The fourth-order valence-corrected chi connectivity index (χ4v) is 6.29. The van der Waals surface area contributed by atoms with Gasteiger partial charge in [0.15, 0.2) is 11.6 Å². The third-order valence-corrected chi connectivity index (χ3v) is 8.66. The quantitative estimate of drug-likeness (QED) is 0.398. The average Bonchev–Trinajstić information content (AvgIpc) is 3.55. The third-order valence-electron chi connectivity index (χ3n) is 7.55. The number of carbonyl (C=O) groups is 1. The van der Waals surface area contributed by atoms with Crippen molar-refractivity contribution >= 4 is 44.2 Å². The smallest absolute Gasteiger partial charge is 0.237 e. The summed E-state index contributed by atoms with van der Waals surface area (Å²) >= 11 is 1.77. The summed E-state index contributed by atoms with van der Waals surface area (Å²) in [7, 11) is 0. The minimum atomic E-state index is -0.626. The second-order valence-corrected chi connectivity index (χ2v) is 11.3. The number of piperazine rings is 1. The van der Waals surface area contributed by atoms with E-state index in [1.807, 2.05) is 32.2 Å². The van der Waals surface area contributed by atoms with Crippen LogP contribution < -0.4 is 10.6 Å². The molecule has 0 saturated carbocycles. The van der Waals surface area contributed by atoms with Crippen molar-refractivity contribution in [3.63, 3.8) is 0 Å². The Morgan fingerprint density at radius 1 is 1.14 bits per heavy atom. The lowest BCUT2D eigenvalue weighted by atomic mass is 10.0. The van der Waals surface area contributed by atoms with Gasteiger partial charge in [-0.05, 0) is 32.0 Å². The average molecular weight is 521 g/mol. The van der Waals surface area contributed by atoms with Gasteiger partial charge in [-0.15, -0.1) is 11.3 Å². The fourth-order valence-electron chi connectivity index (χ4n) is 5.14. The molecule has 3 N–H and O–H groups in total. The van der Waals surface area contributed by atoms with Crippen LogP contribution in [0.3, 0.4) is 0 Å². The van der Waals surface area contributed by atoms with Crippen molar-refractivity contribution in [2.45, 2.75) is 25.9 Å². The van der Waals surface area contributed by atoms with Crippen molar-refractivity contribution in [3.8, 4) is 11.5 Å². The monoisotopic (exact) mass is 520 g/mol. The lowest BCUT2D eigenvalue weighted by Crippen LogP contribution is -2.59. The van der Waals surface area contributed by atoms with E-state index in [1.54, 1.807) is 17.5 Å². The van der Waals surface area contributed by atoms with Crippen molar-refractivity contribution in [2.75, 3.05) is 57.4 Å². The number of nitrogens with two attached hydrogens (primary N) is 1. The van der Waals surface area contributed by atoms with E-state index in [0.29, 0.717) is 19.0 Å². The summed E-state index contributed by atoms with van der Waals surface area (Å²) in [4.78, 5) is 38.0. The first-order valence-corrected chi connectivity index (χ1v) is 13.5. The number of thiophene rings is 1. The second-order valence-electron chi connectivity index (χ2n) is 10.2. The number of pyridine rings is 1. The second kappa shape index (κ2) is 9.64. The molecule has 0 bridgehead atoms. The Hall–Kier alpha value is -3.12. The highest BCUT2D eigenvalue weighted by Gasteiger charge is 2.34. The van der Waals surface area contributed by atoms with Crippen molar-refractivity contribution in [1.82, 2.24) is 29.7 Å². The van der Waals surface area contributed by atoms with Gasteiger partial charge in [0.1, 0.15) is 5.69 Å². The number of morpholine rings is 1. The number of primary amides is 1. The van der Waals surface area contributed by atoms with E-state index in [4.69, 9.17) is 20.4 Å². The summed E-state index contributed by atoms with van der Waals surface area (Å²) in [5.74, 6) is 1.33. The Balaban J connectivity index is 1.31. The maximum Gasteiger partial charge on any atom is 0.237 e. The minimum Gasteiger partial charge on any atom is -0.378 e. The van der Waals surface area contributed by atoms with Crippen molar-refractivity contribution in [1.29, 1.82) is 0 Å². The number of rotatable bonds is 6. The number of carbonyl (C=O) groups excluding carboxylic acids is 1. The molecule has 2 aliphatic rings. The first-order valence-electron chi connectivity index (χ1n) is 12.7. The fraction of sp³-hybridized carbons (Fsp3) is 0.462. The molecule has 6 rings (SSSR count). The summed E-state index contributed by atoms with van der Waals surface area (Å²) in [6.45, 7) is 11.0.